The second-order valence-electron chi connectivity index (χ2n) is 4.43. The Hall–Kier alpha value is -2.51. The van der Waals surface area contributed by atoms with Crippen molar-refractivity contribution >= 4 is 11.7 Å². The molecular formula is C13H14F2N4O2. The standard InChI is InChI=1S/C13H14F2N4O2/c1-7(12-17-8(2)19-21-12)16-13(20)18-10-5-3-4-9(6-10)11(14)15/h3-7,11H,1-2H3,(H2,16,18,20)/t7-/m1/s1. The minimum atomic E-state index is -2.59. The lowest BCUT2D eigenvalue weighted by Crippen LogP contribution is -2.31. The van der Waals surface area contributed by atoms with Gasteiger partial charge in [-0.2, -0.15) is 4.98 Å². The van der Waals surface area contributed by atoms with Gasteiger partial charge >= 0.3 is 6.03 Å². The van der Waals surface area contributed by atoms with Crippen LogP contribution in [0.25, 0.3) is 0 Å². The number of halogens is 2. The van der Waals surface area contributed by atoms with E-state index in [1.807, 2.05) is 0 Å². The summed E-state index contributed by atoms with van der Waals surface area (Å²) in [4.78, 5) is 15.8. The molecule has 0 bridgehead atoms. The number of anilines is 1. The molecule has 1 heterocycles. The van der Waals surface area contributed by atoms with Gasteiger partial charge in [0.1, 0.15) is 6.04 Å². The Morgan fingerprint density at radius 2 is 2.14 bits per heavy atom. The van der Waals surface area contributed by atoms with Crippen LogP contribution in [-0.4, -0.2) is 16.2 Å². The topological polar surface area (TPSA) is 80.0 Å². The van der Waals surface area contributed by atoms with Gasteiger partial charge in [-0.15, -0.1) is 0 Å². The lowest BCUT2D eigenvalue weighted by Gasteiger charge is -2.11. The number of rotatable bonds is 4. The second-order valence-corrected chi connectivity index (χ2v) is 4.43. The summed E-state index contributed by atoms with van der Waals surface area (Å²) in [6.07, 6.45) is -2.59. The van der Waals surface area contributed by atoms with E-state index in [9.17, 15) is 13.6 Å². The zero-order chi connectivity index (χ0) is 15.4. The fourth-order valence-electron chi connectivity index (χ4n) is 1.67. The third kappa shape index (κ3) is 3.98. The normalized spacial score (nSPS) is 12.2. The number of carbonyl (C=O) groups is 1. The number of carbonyl (C=O) groups excluding carboxylic acids is 1. The zero-order valence-electron chi connectivity index (χ0n) is 11.4. The minimum absolute atomic E-state index is 0.159. The molecule has 21 heavy (non-hydrogen) atoms. The number of aromatic nitrogens is 2. The Labute approximate surface area is 119 Å². The number of alkyl halides is 2. The highest BCUT2D eigenvalue weighted by molar-refractivity contribution is 5.89. The Kier molecular flexibility index (Phi) is 4.46. The molecule has 0 aliphatic rings. The van der Waals surface area contributed by atoms with Crippen LogP contribution in [0.2, 0.25) is 0 Å². The average molecular weight is 296 g/mol. The van der Waals surface area contributed by atoms with Crippen LogP contribution in [0.3, 0.4) is 0 Å². The van der Waals surface area contributed by atoms with E-state index in [1.54, 1.807) is 13.8 Å². The second kappa shape index (κ2) is 6.29. The Bertz CT molecular complexity index is 630. The highest BCUT2D eigenvalue weighted by Gasteiger charge is 2.16. The van der Waals surface area contributed by atoms with E-state index in [2.05, 4.69) is 20.8 Å². The van der Waals surface area contributed by atoms with Crippen LogP contribution in [0.5, 0.6) is 0 Å². The van der Waals surface area contributed by atoms with Gasteiger partial charge in [-0.3, -0.25) is 0 Å². The van der Waals surface area contributed by atoms with Crippen molar-refractivity contribution in [3.8, 4) is 0 Å². The Morgan fingerprint density at radius 3 is 2.76 bits per heavy atom. The summed E-state index contributed by atoms with van der Waals surface area (Å²) in [5.41, 5.74) is 0.118. The van der Waals surface area contributed by atoms with E-state index in [4.69, 9.17) is 4.52 Å². The third-order valence-electron chi connectivity index (χ3n) is 2.66. The van der Waals surface area contributed by atoms with E-state index >= 15 is 0 Å². The fraction of sp³-hybridized carbons (Fsp3) is 0.308. The molecule has 0 spiro atoms. The van der Waals surface area contributed by atoms with Crippen LogP contribution in [0.4, 0.5) is 19.3 Å². The lowest BCUT2D eigenvalue weighted by atomic mass is 10.2. The average Bonchev–Trinajstić information content (AvgIpc) is 2.85. The molecule has 1 atom stereocenters. The number of urea groups is 1. The van der Waals surface area contributed by atoms with Crippen molar-refractivity contribution in [2.75, 3.05) is 5.32 Å². The minimum Gasteiger partial charge on any atom is -0.337 e. The number of nitrogens with zero attached hydrogens (tertiary/aromatic N) is 2. The molecule has 0 radical (unpaired) electrons. The summed E-state index contributed by atoms with van der Waals surface area (Å²) in [7, 11) is 0. The fourth-order valence-corrected chi connectivity index (χ4v) is 1.67. The number of benzene rings is 1. The van der Waals surface area contributed by atoms with Crippen molar-refractivity contribution < 1.29 is 18.1 Å². The summed E-state index contributed by atoms with van der Waals surface area (Å²) in [6, 6.07) is 4.42. The van der Waals surface area contributed by atoms with Gasteiger partial charge in [-0.1, -0.05) is 17.3 Å². The smallest absolute Gasteiger partial charge is 0.319 e. The van der Waals surface area contributed by atoms with E-state index in [0.717, 1.165) is 0 Å². The Morgan fingerprint density at radius 1 is 1.38 bits per heavy atom. The van der Waals surface area contributed by atoms with E-state index in [1.165, 1.54) is 24.3 Å². The van der Waals surface area contributed by atoms with Crippen molar-refractivity contribution in [3.05, 3.63) is 41.5 Å². The SMILES string of the molecule is Cc1noc([C@@H](C)NC(=O)Nc2cccc(C(F)F)c2)n1. The summed E-state index contributed by atoms with van der Waals surface area (Å²) in [5, 5.41) is 8.66. The lowest BCUT2D eigenvalue weighted by molar-refractivity contribution is 0.151. The van der Waals surface area contributed by atoms with Gasteiger partial charge in [-0.05, 0) is 26.0 Å². The van der Waals surface area contributed by atoms with Crippen molar-refractivity contribution in [2.45, 2.75) is 26.3 Å². The van der Waals surface area contributed by atoms with Crippen molar-refractivity contribution in [1.29, 1.82) is 0 Å². The molecule has 8 heteroatoms. The molecule has 1 aromatic carbocycles. The number of aryl methyl sites for hydroxylation is 1. The monoisotopic (exact) mass is 296 g/mol. The number of hydrogen-bond acceptors (Lipinski definition) is 4. The molecular weight excluding hydrogens is 282 g/mol. The molecule has 0 aliphatic carbocycles. The zero-order valence-corrected chi connectivity index (χ0v) is 11.4. The summed E-state index contributed by atoms with van der Waals surface area (Å²) in [6.45, 7) is 3.33. The van der Waals surface area contributed by atoms with Crippen LogP contribution in [0.15, 0.2) is 28.8 Å². The van der Waals surface area contributed by atoms with Gasteiger partial charge in [-0.25, -0.2) is 13.6 Å². The van der Waals surface area contributed by atoms with Gasteiger partial charge in [0, 0.05) is 11.3 Å². The first-order valence-corrected chi connectivity index (χ1v) is 6.21. The maximum atomic E-state index is 12.6. The van der Waals surface area contributed by atoms with Crippen molar-refractivity contribution in [3.63, 3.8) is 0 Å². The highest BCUT2D eigenvalue weighted by Crippen LogP contribution is 2.21. The maximum absolute atomic E-state index is 12.6. The third-order valence-corrected chi connectivity index (χ3v) is 2.66. The molecule has 6 nitrogen and oxygen atoms in total. The number of amides is 2. The molecule has 112 valence electrons. The van der Waals surface area contributed by atoms with Gasteiger partial charge in [0.2, 0.25) is 5.89 Å². The van der Waals surface area contributed by atoms with Crippen LogP contribution in [0, 0.1) is 6.92 Å². The molecule has 2 N–H and O–H groups in total. The molecule has 0 aliphatic heterocycles. The van der Waals surface area contributed by atoms with Gasteiger partial charge in [0.15, 0.2) is 5.82 Å². The molecule has 0 unspecified atom stereocenters. The van der Waals surface area contributed by atoms with E-state index < -0.39 is 18.5 Å². The van der Waals surface area contributed by atoms with E-state index in [-0.39, 0.29) is 17.1 Å². The first-order valence-electron chi connectivity index (χ1n) is 6.21. The summed E-state index contributed by atoms with van der Waals surface area (Å²) < 4.78 is 30.0. The van der Waals surface area contributed by atoms with Gasteiger partial charge < -0.3 is 15.2 Å². The first kappa shape index (κ1) is 14.9. The molecule has 1 aromatic heterocycles. The van der Waals surface area contributed by atoms with Crippen molar-refractivity contribution in [2.24, 2.45) is 0 Å². The molecule has 2 aromatic rings. The molecule has 2 amide bonds. The highest BCUT2D eigenvalue weighted by atomic mass is 19.3. The molecule has 0 saturated carbocycles. The van der Waals surface area contributed by atoms with Crippen LogP contribution in [0.1, 0.15) is 36.7 Å². The number of hydrogen-bond donors (Lipinski definition) is 2. The van der Waals surface area contributed by atoms with Crippen LogP contribution >= 0.6 is 0 Å². The molecule has 2 rings (SSSR count). The van der Waals surface area contributed by atoms with Gasteiger partial charge in [0.25, 0.3) is 6.43 Å². The predicted octanol–water partition coefficient (Wildman–Crippen LogP) is 3.20. The maximum Gasteiger partial charge on any atom is 0.319 e. The predicted molar refractivity (Wildman–Crippen MR) is 71.0 cm³/mol. The van der Waals surface area contributed by atoms with E-state index in [0.29, 0.717) is 5.82 Å². The molecule has 0 fully saturated rings. The largest absolute Gasteiger partial charge is 0.337 e. The number of nitrogens with one attached hydrogen (secondary N) is 2. The Balaban J connectivity index is 1.97. The van der Waals surface area contributed by atoms with Crippen LogP contribution in [-0.2, 0) is 0 Å². The summed E-state index contributed by atoms with van der Waals surface area (Å²) >= 11 is 0. The first-order chi connectivity index (χ1) is 9.95. The summed E-state index contributed by atoms with van der Waals surface area (Å²) in [5.74, 6) is 0.729. The molecule has 0 saturated heterocycles. The van der Waals surface area contributed by atoms with Crippen molar-refractivity contribution in [1.82, 2.24) is 15.5 Å². The van der Waals surface area contributed by atoms with Gasteiger partial charge in [0.05, 0.1) is 0 Å². The van der Waals surface area contributed by atoms with Crippen LogP contribution < -0.4 is 10.6 Å². The quantitative estimate of drug-likeness (QED) is 0.908.